The summed E-state index contributed by atoms with van der Waals surface area (Å²) < 4.78 is 21.5. The van der Waals surface area contributed by atoms with Gasteiger partial charge in [0, 0.05) is 10.0 Å². The van der Waals surface area contributed by atoms with Crippen molar-refractivity contribution < 1.29 is 14.2 Å². The number of ether oxygens (including phenoxy) is 3. The Morgan fingerprint density at radius 2 is 1.69 bits per heavy atom. The highest BCUT2D eigenvalue weighted by atomic mass is 79.9. The fourth-order valence-electron chi connectivity index (χ4n) is 5.96. The Morgan fingerprint density at radius 3 is 2.47 bits per heavy atom. The first-order chi connectivity index (χ1) is 21.9. The summed E-state index contributed by atoms with van der Waals surface area (Å²) in [6.45, 7) is 0.452. The van der Waals surface area contributed by atoms with Crippen LogP contribution in [0.3, 0.4) is 0 Å². The van der Waals surface area contributed by atoms with Crippen LogP contribution in [0.1, 0.15) is 40.3 Å². The SMILES string of the molecule is COc1ccc([C@@H]2C3=C(N=c4s/c(=C/c5ccc(OCc6ccc(Br)cc6)c(Br)c5)c(=O)n42)c2ccccc2CC3)cc1OC. The molecule has 0 saturated carbocycles. The molecule has 6 nitrogen and oxygen atoms in total. The van der Waals surface area contributed by atoms with Crippen molar-refractivity contribution in [1.29, 1.82) is 0 Å². The van der Waals surface area contributed by atoms with Gasteiger partial charge in [0.25, 0.3) is 5.56 Å². The third kappa shape index (κ3) is 5.69. The zero-order valence-electron chi connectivity index (χ0n) is 24.6. The molecule has 1 atom stereocenters. The minimum absolute atomic E-state index is 0.0735. The number of halogens is 2. The Hall–Kier alpha value is -3.92. The molecule has 7 rings (SSSR count). The summed E-state index contributed by atoms with van der Waals surface area (Å²) in [6.07, 6.45) is 3.63. The molecule has 45 heavy (non-hydrogen) atoms. The van der Waals surface area contributed by atoms with E-state index in [1.54, 1.807) is 14.2 Å². The van der Waals surface area contributed by atoms with Crippen molar-refractivity contribution in [3.8, 4) is 17.2 Å². The summed E-state index contributed by atoms with van der Waals surface area (Å²) in [5, 5.41) is 0. The van der Waals surface area contributed by atoms with Crippen LogP contribution in [0.2, 0.25) is 0 Å². The smallest absolute Gasteiger partial charge is 0.271 e. The van der Waals surface area contributed by atoms with Gasteiger partial charge in [0.1, 0.15) is 12.4 Å². The van der Waals surface area contributed by atoms with Gasteiger partial charge < -0.3 is 14.2 Å². The number of nitrogens with zero attached hydrogens (tertiary/aromatic N) is 2. The van der Waals surface area contributed by atoms with Crippen LogP contribution >= 0.6 is 43.2 Å². The molecule has 0 unspecified atom stereocenters. The van der Waals surface area contributed by atoms with E-state index in [1.165, 1.54) is 16.9 Å². The third-order valence-corrected chi connectivity index (χ3v) is 10.3. The Balaban J connectivity index is 1.31. The van der Waals surface area contributed by atoms with Crippen LogP contribution in [-0.4, -0.2) is 18.8 Å². The molecular formula is C36H28Br2N2O4S. The number of thiazole rings is 1. The molecule has 0 radical (unpaired) electrons. The predicted molar refractivity (Wildman–Crippen MR) is 185 cm³/mol. The van der Waals surface area contributed by atoms with E-state index in [2.05, 4.69) is 56.1 Å². The van der Waals surface area contributed by atoms with Gasteiger partial charge in [0.15, 0.2) is 16.3 Å². The Bertz CT molecular complexity index is 2150. The van der Waals surface area contributed by atoms with Crippen LogP contribution in [0.5, 0.6) is 17.2 Å². The van der Waals surface area contributed by atoms with E-state index in [0.29, 0.717) is 27.4 Å². The Kier molecular flexibility index (Phi) is 8.25. The van der Waals surface area contributed by atoms with E-state index in [4.69, 9.17) is 19.2 Å². The highest BCUT2D eigenvalue weighted by molar-refractivity contribution is 9.10. The number of hydrogen-bond donors (Lipinski definition) is 0. The number of hydrogen-bond acceptors (Lipinski definition) is 6. The number of rotatable bonds is 7. The molecule has 2 aliphatic rings. The average Bonchev–Trinajstić information content (AvgIpc) is 3.37. The van der Waals surface area contributed by atoms with Crippen LogP contribution < -0.4 is 29.1 Å². The second kappa shape index (κ2) is 12.5. The van der Waals surface area contributed by atoms with Crippen molar-refractivity contribution in [3.05, 3.63) is 147 Å². The monoisotopic (exact) mass is 742 g/mol. The quantitative estimate of drug-likeness (QED) is 0.174. The summed E-state index contributed by atoms with van der Waals surface area (Å²) in [4.78, 5) is 20.0. The Labute approximate surface area is 281 Å². The second-order valence-corrected chi connectivity index (χ2v) is 13.6. The molecule has 9 heteroatoms. The van der Waals surface area contributed by atoms with Crippen molar-refractivity contribution in [1.82, 2.24) is 4.57 Å². The number of methoxy groups -OCH3 is 2. The van der Waals surface area contributed by atoms with E-state index in [-0.39, 0.29) is 11.6 Å². The van der Waals surface area contributed by atoms with Crippen LogP contribution in [0.4, 0.5) is 0 Å². The summed E-state index contributed by atoms with van der Waals surface area (Å²) in [7, 11) is 3.25. The highest BCUT2D eigenvalue weighted by Crippen LogP contribution is 2.42. The minimum atomic E-state index is -0.312. The fourth-order valence-corrected chi connectivity index (χ4v) is 7.74. The number of fused-ring (bicyclic) bond motifs is 3. The number of aromatic nitrogens is 1. The van der Waals surface area contributed by atoms with Crippen molar-refractivity contribution in [2.24, 2.45) is 4.99 Å². The van der Waals surface area contributed by atoms with Gasteiger partial charge in [0.2, 0.25) is 0 Å². The summed E-state index contributed by atoms with van der Waals surface area (Å²) >= 11 is 8.54. The molecule has 1 aliphatic heterocycles. The van der Waals surface area contributed by atoms with E-state index < -0.39 is 0 Å². The van der Waals surface area contributed by atoms with Crippen molar-refractivity contribution in [3.63, 3.8) is 0 Å². The summed E-state index contributed by atoms with van der Waals surface area (Å²) in [6, 6.07) is 27.9. The van der Waals surface area contributed by atoms with Gasteiger partial charge in [-0.1, -0.05) is 75.8 Å². The van der Waals surface area contributed by atoms with Gasteiger partial charge in [-0.15, -0.1) is 0 Å². The Morgan fingerprint density at radius 1 is 0.911 bits per heavy atom. The van der Waals surface area contributed by atoms with Crippen LogP contribution in [-0.2, 0) is 13.0 Å². The maximum absolute atomic E-state index is 14.2. The van der Waals surface area contributed by atoms with E-state index in [0.717, 1.165) is 61.1 Å². The molecule has 226 valence electrons. The van der Waals surface area contributed by atoms with Crippen LogP contribution in [0, 0.1) is 0 Å². The molecule has 0 saturated heterocycles. The topological polar surface area (TPSA) is 62.0 Å². The van der Waals surface area contributed by atoms with Crippen molar-refractivity contribution >= 4 is 55.0 Å². The highest BCUT2D eigenvalue weighted by Gasteiger charge is 2.33. The first-order valence-corrected chi connectivity index (χ1v) is 16.9. The first kappa shape index (κ1) is 29.8. The lowest BCUT2D eigenvalue weighted by Crippen LogP contribution is -2.38. The fraction of sp³-hybridized carbons (Fsp3) is 0.167. The van der Waals surface area contributed by atoms with Gasteiger partial charge in [-0.2, -0.15) is 0 Å². The number of benzene rings is 4. The minimum Gasteiger partial charge on any atom is -0.493 e. The lowest BCUT2D eigenvalue weighted by atomic mass is 9.83. The predicted octanol–water partition coefficient (Wildman–Crippen LogP) is 7.44. The van der Waals surface area contributed by atoms with E-state index in [9.17, 15) is 4.79 Å². The van der Waals surface area contributed by atoms with Crippen LogP contribution in [0.25, 0.3) is 11.8 Å². The van der Waals surface area contributed by atoms with Gasteiger partial charge in [-0.05, 0) is 99.1 Å². The zero-order chi connectivity index (χ0) is 31.1. The number of aryl methyl sites for hydroxylation is 1. The molecule has 4 aromatic carbocycles. The van der Waals surface area contributed by atoms with E-state index >= 15 is 0 Å². The average molecular weight is 745 g/mol. The van der Waals surface area contributed by atoms with Crippen molar-refractivity contribution in [2.75, 3.05) is 14.2 Å². The van der Waals surface area contributed by atoms with Crippen LogP contribution in [0.15, 0.2) is 109 Å². The zero-order valence-corrected chi connectivity index (χ0v) is 28.5. The van der Waals surface area contributed by atoms with Crippen molar-refractivity contribution in [2.45, 2.75) is 25.5 Å². The largest absolute Gasteiger partial charge is 0.493 e. The van der Waals surface area contributed by atoms with Gasteiger partial charge >= 0.3 is 0 Å². The summed E-state index contributed by atoms with van der Waals surface area (Å²) in [5.41, 5.74) is 7.34. The van der Waals surface area contributed by atoms with Gasteiger partial charge in [-0.3, -0.25) is 9.36 Å². The molecule has 0 bridgehead atoms. The lowest BCUT2D eigenvalue weighted by molar-refractivity contribution is 0.304. The van der Waals surface area contributed by atoms with Gasteiger partial charge in [0.05, 0.1) is 35.0 Å². The van der Waals surface area contributed by atoms with E-state index in [1.807, 2.05) is 71.3 Å². The van der Waals surface area contributed by atoms with Gasteiger partial charge in [-0.25, -0.2) is 4.99 Å². The standard InChI is InChI=1S/C36H28Br2N2O4S/c1-42-30-16-11-24(19-31(30)43-2)34-27-14-10-23-5-3-4-6-26(23)33(27)39-36-40(34)35(41)32(45-36)18-22-9-15-29(28(38)17-22)44-20-21-7-12-25(37)13-8-21/h3-9,11-13,15-19,34H,10,14,20H2,1-2H3/b32-18+/t34-/m1/s1. The molecule has 0 spiro atoms. The maximum Gasteiger partial charge on any atom is 0.271 e. The molecule has 0 fully saturated rings. The molecule has 1 aliphatic carbocycles. The molecule has 2 heterocycles. The first-order valence-electron chi connectivity index (χ1n) is 14.5. The molecule has 0 N–H and O–H groups in total. The lowest BCUT2D eigenvalue weighted by Gasteiger charge is -2.31. The second-order valence-electron chi connectivity index (χ2n) is 10.8. The normalized spacial score (nSPS) is 15.6. The number of allylic oxidation sites excluding steroid dienone is 1. The molecule has 0 amide bonds. The molecular weight excluding hydrogens is 716 g/mol. The third-order valence-electron chi connectivity index (χ3n) is 8.16. The summed E-state index contributed by atoms with van der Waals surface area (Å²) in [5.74, 6) is 2.00. The maximum atomic E-state index is 14.2. The molecule has 1 aromatic heterocycles. The molecule has 5 aromatic rings.